The third kappa shape index (κ3) is 4.60. The SMILES string of the molecule is O=C(CSCc1ccc2c(c1)OCO2)Nc1ccc(C(F)(F)F)cc1. The average Bonchev–Trinajstić information content (AvgIpc) is 3.02. The van der Waals surface area contributed by atoms with Crippen LogP contribution in [0.25, 0.3) is 0 Å². The van der Waals surface area contributed by atoms with Gasteiger partial charge in [0.1, 0.15) is 0 Å². The van der Waals surface area contributed by atoms with Gasteiger partial charge in [-0.15, -0.1) is 11.8 Å². The molecule has 0 saturated carbocycles. The number of carbonyl (C=O) groups excluding carboxylic acids is 1. The highest BCUT2D eigenvalue weighted by molar-refractivity contribution is 7.99. The number of nitrogens with one attached hydrogen (secondary N) is 1. The Balaban J connectivity index is 1.46. The van der Waals surface area contributed by atoms with Crippen LogP contribution in [0, 0.1) is 0 Å². The lowest BCUT2D eigenvalue weighted by Crippen LogP contribution is -2.14. The van der Waals surface area contributed by atoms with E-state index in [-0.39, 0.29) is 18.5 Å². The van der Waals surface area contributed by atoms with Gasteiger partial charge < -0.3 is 14.8 Å². The molecule has 0 atom stereocenters. The minimum Gasteiger partial charge on any atom is -0.454 e. The van der Waals surface area contributed by atoms with Crippen molar-refractivity contribution in [1.82, 2.24) is 0 Å². The molecule has 0 radical (unpaired) electrons. The Hall–Kier alpha value is -2.35. The van der Waals surface area contributed by atoms with Crippen LogP contribution >= 0.6 is 11.8 Å². The van der Waals surface area contributed by atoms with E-state index in [1.165, 1.54) is 23.9 Å². The van der Waals surface area contributed by atoms with E-state index in [2.05, 4.69) is 5.32 Å². The van der Waals surface area contributed by atoms with Crippen molar-refractivity contribution in [3.8, 4) is 11.5 Å². The van der Waals surface area contributed by atoms with Gasteiger partial charge in [-0.05, 0) is 42.0 Å². The maximum absolute atomic E-state index is 12.5. The molecule has 0 aliphatic carbocycles. The van der Waals surface area contributed by atoms with Crippen LogP contribution < -0.4 is 14.8 Å². The number of benzene rings is 2. The minimum absolute atomic E-state index is 0.190. The second-order valence-electron chi connectivity index (χ2n) is 5.30. The van der Waals surface area contributed by atoms with E-state index in [4.69, 9.17) is 9.47 Å². The first-order valence-corrected chi connectivity index (χ1v) is 8.51. The van der Waals surface area contributed by atoms with Crippen molar-refractivity contribution in [3.05, 3.63) is 53.6 Å². The lowest BCUT2D eigenvalue weighted by molar-refractivity contribution is -0.137. The monoisotopic (exact) mass is 369 g/mol. The molecule has 3 rings (SSSR count). The molecule has 0 bridgehead atoms. The zero-order valence-corrected chi connectivity index (χ0v) is 13.7. The molecule has 132 valence electrons. The molecular weight excluding hydrogens is 355 g/mol. The second kappa shape index (κ2) is 7.26. The second-order valence-corrected chi connectivity index (χ2v) is 6.29. The molecule has 2 aromatic carbocycles. The van der Waals surface area contributed by atoms with E-state index in [0.29, 0.717) is 22.9 Å². The normalized spacial score (nSPS) is 12.9. The standard InChI is InChI=1S/C17H14F3NO3S/c18-17(19,20)12-2-4-13(5-3-12)21-16(22)9-25-8-11-1-6-14-15(7-11)24-10-23-14/h1-7H,8-10H2,(H,21,22). The number of ether oxygens (including phenoxy) is 2. The van der Waals surface area contributed by atoms with E-state index in [1.807, 2.05) is 18.2 Å². The lowest BCUT2D eigenvalue weighted by Gasteiger charge is -2.09. The topological polar surface area (TPSA) is 47.6 Å². The molecule has 4 nitrogen and oxygen atoms in total. The van der Waals surface area contributed by atoms with Gasteiger partial charge in [-0.25, -0.2) is 0 Å². The lowest BCUT2D eigenvalue weighted by atomic mass is 10.2. The summed E-state index contributed by atoms with van der Waals surface area (Å²) >= 11 is 1.40. The first kappa shape index (κ1) is 17.5. The number of hydrogen-bond acceptors (Lipinski definition) is 4. The number of anilines is 1. The van der Waals surface area contributed by atoms with Crippen molar-refractivity contribution in [2.75, 3.05) is 17.9 Å². The Morgan fingerprint density at radius 2 is 1.80 bits per heavy atom. The molecule has 25 heavy (non-hydrogen) atoms. The summed E-state index contributed by atoms with van der Waals surface area (Å²) < 4.78 is 48.0. The third-order valence-corrected chi connectivity index (χ3v) is 4.44. The van der Waals surface area contributed by atoms with Crippen LogP contribution in [0.2, 0.25) is 0 Å². The highest BCUT2D eigenvalue weighted by Gasteiger charge is 2.29. The van der Waals surface area contributed by atoms with Gasteiger partial charge in [0.15, 0.2) is 11.5 Å². The van der Waals surface area contributed by atoms with Gasteiger partial charge in [-0.1, -0.05) is 6.07 Å². The maximum Gasteiger partial charge on any atom is 0.416 e. The van der Waals surface area contributed by atoms with Crippen LogP contribution in [0.4, 0.5) is 18.9 Å². The fourth-order valence-electron chi connectivity index (χ4n) is 2.23. The average molecular weight is 369 g/mol. The molecular formula is C17H14F3NO3S. The van der Waals surface area contributed by atoms with E-state index in [0.717, 1.165) is 17.7 Å². The zero-order chi connectivity index (χ0) is 17.9. The number of alkyl halides is 3. The Morgan fingerprint density at radius 1 is 1.08 bits per heavy atom. The van der Waals surface area contributed by atoms with Gasteiger partial charge in [0.25, 0.3) is 0 Å². The smallest absolute Gasteiger partial charge is 0.416 e. The molecule has 8 heteroatoms. The van der Waals surface area contributed by atoms with Crippen LogP contribution in [-0.2, 0) is 16.7 Å². The van der Waals surface area contributed by atoms with Crippen LogP contribution in [0.5, 0.6) is 11.5 Å². The van der Waals surface area contributed by atoms with Crippen molar-refractivity contribution in [1.29, 1.82) is 0 Å². The fourth-order valence-corrected chi connectivity index (χ4v) is 3.01. The number of carbonyl (C=O) groups is 1. The summed E-state index contributed by atoms with van der Waals surface area (Å²) in [6.45, 7) is 0.210. The van der Waals surface area contributed by atoms with Gasteiger partial charge in [-0.2, -0.15) is 13.2 Å². The number of rotatable bonds is 5. The molecule has 0 spiro atoms. The summed E-state index contributed by atoms with van der Waals surface area (Å²) in [6.07, 6.45) is -4.39. The van der Waals surface area contributed by atoms with Gasteiger partial charge in [-0.3, -0.25) is 4.79 Å². The predicted octanol–water partition coefficient (Wildman–Crippen LogP) is 4.31. The highest BCUT2D eigenvalue weighted by Crippen LogP contribution is 2.33. The van der Waals surface area contributed by atoms with Gasteiger partial charge in [0, 0.05) is 11.4 Å². The van der Waals surface area contributed by atoms with Crippen LogP contribution in [0.15, 0.2) is 42.5 Å². The van der Waals surface area contributed by atoms with Crippen LogP contribution in [0.3, 0.4) is 0 Å². The van der Waals surface area contributed by atoms with Crippen LogP contribution in [-0.4, -0.2) is 18.5 Å². The van der Waals surface area contributed by atoms with E-state index < -0.39 is 11.7 Å². The first-order chi connectivity index (χ1) is 11.9. The third-order valence-electron chi connectivity index (χ3n) is 3.43. The molecule has 2 aromatic rings. The largest absolute Gasteiger partial charge is 0.454 e. The number of hydrogen-bond donors (Lipinski definition) is 1. The Labute approximate surface area is 146 Å². The van der Waals surface area contributed by atoms with Crippen molar-refractivity contribution in [3.63, 3.8) is 0 Å². The number of fused-ring (bicyclic) bond motifs is 1. The number of amides is 1. The summed E-state index contributed by atoms with van der Waals surface area (Å²) in [5.41, 5.74) is 0.584. The molecule has 1 aliphatic heterocycles. The summed E-state index contributed by atoms with van der Waals surface area (Å²) in [7, 11) is 0. The fraction of sp³-hybridized carbons (Fsp3) is 0.235. The highest BCUT2D eigenvalue weighted by atomic mass is 32.2. The summed E-state index contributed by atoms with van der Waals surface area (Å²) in [5.74, 6) is 1.92. The Morgan fingerprint density at radius 3 is 2.52 bits per heavy atom. The predicted molar refractivity (Wildman–Crippen MR) is 88.8 cm³/mol. The molecule has 1 N–H and O–H groups in total. The minimum atomic E-state index is -4.39. The van der Waals surface area contributed by atoms with E-state index in [9.17, 15) is 18.0 Å². The summed E-state index contributed by atoms with van der Waals surface area (Å²) in [5, 5.41) is 2.58. The maximum atomic E-state index is 12.5. The molecule has 1 amide bonds. The number of thioether (sulfide) groups is 1. The summed E-state index contributed by atoms with van der Waals surface area (Å²) in [4.78, 5) is 11.9. The van der Waals surface area contributed by atoms with Crippen molar-refractivity contribution in [2.24, 2.45) is 0 Å². The quantitative estimate of drug-likeness (QED) is 0.853. The van der Waals surface area contributed by atoms with Crippen molar-refractivity contribution < 1.29 is 27.4 Å². The number of halogens is 3. The molecule has 0 fully saturated rings. The van der Waals surface area contributed by atoms with Crippen LogP contribution in [0.1, 0.15) is 11.1 Å². The molecule has 0 aromatic heterocycles. The van der Waals surface area contributed by atoms with Gasteiger partial charge >= 0.3 is 6.18 Å². The molecule has 1 aliphatic rings. The summed E-state index contributed by atoms with van der Waals surface area (Å²) in [6, 6.07) is 9.94. The molecule has 0 unspecified atom stereocenters. The van der Waals surface area contributed by atoms with Crippen molar-refractivity contribution in [2.45, 2.75) is 11.9 Å². The van der Waals surface area contributed by atoms with Gasteiger partial charge in [0.2, 0.25) is 12.7 Å². The van der Waals surface area contributed by atoms with E-state index >= 15 is 0 Å². The Kier molecular flexibility index (Phi) is 5.08. The molecule has 1 heterocycles. The molecule has 0 saturated heterocycles. The zero-order valence-electron chi connectivity index (χ0n) is 12.9. The van der Waals surface area contributed by atoms with Gasteiger partial charge in [0.05, 0.1) is 11.3 Å². The first-order valence-electron chi connectivity index (χ1n) is 7.35. The van der Waals surface area contributed by atoms with Crippen molar-refractivity contribution >= 4 is 23.4 Å². The Bertz CT molecular complexity index is 763. The van der Waals surface area contributed by atoms with E-state index in [1.54, 1.807) is 0 Å².